The maximum Gasteiger partial charge on any atom is 0.347 e. The fourth-order valence-electron chi connectivity index (χ4n) is 1.93. The molecule has 26 heavy (non-hydrogen) atoms. The fraction of sp³-hybridized carbons (Fsp3) is 0.222. The van der Waals surface area contributed by atoms with Gasteiger partial charge in [-0.25, -0.2) is 4.79 Å². The topological polar surface area (TPSA) is 64.6 Å². The van der Waals surface area contributed by atoms with Gasteiger partial charge in [0.15, 0.2) is 12.7 Å². The van der Waals surface area contributed by atoms with Gasteiger partial charge in [0.1, 0.15) is 5.75 Å². The molecule has 2 aromatic rings. The Morgan fingerprint density at radius 1 is 1.08 bits per heavy atom. The van der Waals surface area contributed by atoms with Crippen LogP contribution in [0.2, 0.25) is 15.1 Å². The molecule has 0 aliphatic rings. The van der Waals surface area contributed by atoms with Crippen molar-refractivity contribution in [1.82, 2.24) is 0 Å². The van der Waals surface area contributed by atoms with Crippen molar-refractivity contribution in [2.24, 2.45) is 0 Å². The Morgan fingerprint density at radius 2 is 1.81 bits per heavy atom. The highest BCUT2D eigenvalue weighted by Crippen LogP contribution is 2.28. The quantitative estimate of drug-likeness (QED) is 0.680. The summed E-state index contributed by atoms with van der Waals surface area (Å²) in [6.07, 6.45) is -0.949. The van der Waals surface area contributed by atoms with Gasteiger partial charge in [-0.1, -0.05) is 40.9 Å². The van der Waals surface area contributed by atoms with Gasteiger partial charge in [-0.3, -0.25) is 4.79 Å². The third-order valence-electron chi connectivity index (χ3n) is 3.33. The summed E-state index contributed by atoms with van der Waals surface area (Å²) in [5.74, 6) is -0.901. The van der Waals surface area contributed by atoms with E-state index in [1.54, 1.807) is 30.3 Å². The van der Waals surface area contributed by atoms with Crippen molar-refractivity contribution in [2.45, 2.75) is 20.0 Å². The van der Waals surface area contributed by atoms with Crippen LogP contribution in [0.25, 0.3) is 0 Å². The summed E-state index contributed by atoms with van der Waals surface area (Å²) in [5, 5.41) is 3.84. The highest BCUT2D eigenvalue weighted by Gasteiger charge is 2.19. The smallest absolute Gasteiger partial charge is 0.347 e. The molecule has 0 unspecified atom stereocenters. The third kappa shape index (κ3) is 5.80. The number of aryl methyl sites for hydroxylation is 1. The Hall–Kier alpha value is -1.95. The Kier molecular flexibility index (Phi) is 7.14. The molecule has 138 valence electrons. The van der Waals surface area contributed by atoms with Crippen LogP contribution in [0.5, 0.6) is 5.75 Å². The molecule has 5 nitrogen and oxygen atoms in total. The van der Waals surface area contributed by atoms with Crippen molar-refractivity contribution in [3.8, 4) is 5.75 Å². The first-order chi connectivity index (χ1) is 12.3. The molecule has 1 atom stereocenters. The van der Waals surface area contributed by atoms with Crippen LogP contribution < -0.4 is 10.1 Å². The predicted octanol–water partition coefficient (Wildman–Crippen LogP) is 4.90. The van der Waals surface area contributed by atoms with Crippen molar-refractivity contribution < 1.29 is 19.1 Å². The Bertz CT molecular complexity index is 826. The van der Waals surface area contributed by atoms with Gasteiger partial charge in [0.05, 0.1) is 5.02 Å². The zero-order valence-corrected chi connectivity index (χ0v) is 16.3. The summed E-state index contributed by atoms with van der Waals surface area (Å²) < 4.78 is 10.4. The van der Waals surface area contributed by atoms with Gasteiger partial charge in [0.2, 0.25) is 0 Å². The molecule has 0 saturated carbocycles. The number of carbonyl (C=O) groups excluding carboxylic acids is 2. The molecule has 0 radical (unpaired) electrons. The molecule has 0 aliphatic heterocycles. The second kappa shape index (κ2) is 9.12. The van der Waals surface area contributed by atoms with Crippen molar-refractivity contribution in [1.29, 1.82) is 0 Å². The number of anilines is 1. The zero-order chi connectivity index (χ0) is 19.3. The van der Waals surface area contributed by atoms with Crippen LogP contribution in [0.1, 0.15) is 12.5 Å². The highest BCUT2D eigenvalue weighted by atomic mass is 35.5. The van der Waals surface area contributed by atoms with Gasteiger partial charge >= 0.3 is 5.97 Å². The normalized spacial score (nSPS) is 11.6. The predicted molar refractivity (Wildman–Crippen MR) is 102 cm³/mol. The van der Waals surface area contributed by atoms with Crippen LogP contribution in [-0.2, 0) is 14.3 Å². The lowest BCUT2D eigenvalue weighted by atomic mass is 10.2. The van der Waals surface area contributed by atoms with Crippen molar-refractivity contribution in [3.63, 3.8) is 0 Å². The van der Waals surface area contributed by atoms with E-state index >= 15 is 0 Å². The highest BCUT2D eigenvalue weighted by molar-refractivity contribution is 6.35. The van der Waals surface area contributed by atoms with Gasteiger partial charge in [0, 0.05) is 15.7 Å². The number of ether oxygens (including phenoxy) is 2. The molecular weight excluding hydrogens is 401 g/mol. The van der Waals surface area contributed by atoms with Gasteiger partial charge in [-0.05, 0) is 49.7 Å². The standard InChI is InChI=1S/C18H16Cl3NO4/c1-10-3-5-13(8-14(10)20)22-17(23)9-25-18(24)11(2)26-16-6-4-12(19)7-15(16)21/h3-8,11H,9H2,1-2H3,(H,22,23)/t11-/m0/s1. The summed E-state index contributed by atoms with van der Waals surface area (Å²) in [7, 11) is 0. The van der Waals surface area contributed by atoms with Gasteiger partial charge in [0.25, 0.3) is 5.91 Å². The number of nitrogens with one attached hydrogen (secondary N) is 1. The van der Waals surface area contributed by atoms with Crippen LogP contribution in [0.4, 0.5) is 5.69 Å². The molecule has 2 rings (SSSR count). The van der Waals surface area contributed by atoms with Crippen molar-refractivity contribution in [3.05, 3.63) is 57.0 Å². The Balaban J connectivity index is 1.84. The number of halogens is 3. The van der Waals surface area contributed by atoms with Gasteiger partial charge in [-0.15, -0.1) is 0 Å². The molecule has 0 heterocycles. The minimum absolute atomic E-state index is 0.270. The first-order valence-corrected chi connectivity index (χ1v) is 8.74. The summed E-state index contributed by atoms with van der Waals surface area (Å²) in [5.41, 5.74) is 1.40. The first kappa shape index (κ1) is 20.4. The largest absolute Gasteiger partial charge is 0.477 e. The molecule has 0 aliphatic carbocycles. The molecule has 1 amide bonds. The lowest BCUT2D eigenvalue weighted by molar-refractivity contribution is -0.153. The second-order valence-corrected chi connectivity index (χ2v) is 6.71. The molecule has 0 bridgehead atoms. The molecular formula is C18H16Cl3NO4. The van der Waals surface area contributed by atoms with E-state index in [1.165, 1.54) is 13.0 Å². The second-order valence-electron chi connectivity index (χ2n) is 5.45. The number of rotatable bonds is 6. The molecule has 8 heteroatoms. The number of benzene rings is 2. The van der Waals surface area contributed by atoms with E-state index in [2.05, 4.69) is 5.32 Å². The van der Waals surface area contributed by atoms with Gasteiger partial charge < -0.3 is 14.8 Å². The van der Waals surface area contributed by atoms with E-state index in [9.17, 15) is 9.59 Å². The zero-order valence-electron chi connectivity index (χ0n) is 14.0. The molecule has 1 N–H and O–H groups in total. The van der Waals surface area contributed by atoms with E-state index in [4.69, 9.17) is 44.3 Å². The van der Waals surface area contributed by atoms with Crippen LogP contribution in [0, 0.1) is 6.92 Å². The average molecular weight is 417 g/mol. The number of amides is 1. The van der Waals surface area contributed by atoms with Gasteiger partial charge in [-0.2, -0.15) is 0 Å². The maximum atomic E-state index is 12.0. The molecule has 0 aromatic heterocycles. The van der Waals surface area contributed by atoms with Crippen LogP contribution in [0.15, 0.2) is 36.4 Å². The fourth-order valence-corrected chi connectivity index (χ4v) is 2.56. The van der Waals surface area contributed by atoms with E-state index in [0.717, 1.165) is 5.56 Å². The number of hydrogen-bond acceptors (Lipinski definition) is 4. The number of esters is 1. The molecule has 0 fully saturated rings. The average Bonchev–Trinajstić information content (AvgIpc) is 2.58. The minimum Gasteiger partial charge on any atom is -0.477 e. The number of hydrogen-bond donors (Lipinski definition) is 1. The monoisotopic (exact) mass is 415 g/mol. The van der Waals surface area contributed by atoms with E-state index in [1.807, 2.05) is 6.92 Å². The Labute approximate surface area is 166 Å². The summed E-state index contributed by atoms with van der Waals surface area (Å²) in [6.45, 7) is 2.89. The minimum atomic E-state index is -0.949. The molecule has 0 saturated heterocycles. The van der Waals surface area contributed by atoms with Crippen LogP contribution in [0.3, 0.4) is 0 Å². The lowest BCUT2D eigenvalue weighted by Crippen LogP contribution is -2.29. The van der Waals surface area contributed by atoms with E-state index < -0.39 is 24.6 Å². The molecule has 0 spiro atoms. The first-order valence-electron chi connectivity index (χ1n) is 7.60. The summed E-state index contributed by atoms with van der Waals surface area (Å²) >= 11 is 17.8. The molecule has 2 aromatic carbocycles. The SMILES string of the molecule is Cc1ccc(NC(=O)COC(=O)[C@H](C)Oc2ccc(Cl)cc2Cl)cc1Cl. The number of carbonyl (C=O) groups is 2. The maximum absolute atomic E-state index is 12.0. The van der Waals surface area contributed by atoms with E-state index in [0.29, 0.717) is 21.5 Å². The van der Waals surface area contributed by atoms with Crippen LogP contribution in [-0.4, -0.2) is 24.6 Å². The summed E-state index contributed by atoms with van der Waals surface area (Å²) in [6, 6.07) is 9.72. The summed E-state index contributed by atoms with van der Waals surface area (Å²) in [4.78, 5) is 23.8. The lowest BCUT2D eigenvalue weighted by Gasteiger charge is -2.15. The Morgan fingerprint density at radius 3 is 2.46 bits per heavy atom. The van der Waals surface area contributed by atoms with Crippen LogP contribution >= 0.6 is 34.8 Å². The van der Waals surface area contributed by atoms with Crippen molar-refractivity contribution >= 4 is 52.4 Å². The third-order valence-corrected chi connectivity index (χ3v) is 4.27. The van der Waals surface area contributed by atoms with Crippen molar-refractivity contribution in [2.75, 3.05) is 11.9 Å². The van der Waals surface area contributed by atoms with E-state index in [-0.39, 0.29) is 5.02 Å².